The van der Waals surface area contributed by atoms with Crippen LogP contribution in [0.4, 0.5) is 0 Å². The molecule has 0 saturated carbocycles. The summed E-state index contributed by atoms with van der Waals surface area (Å²) in [6.07, 6.45) is 4.29. The zero-order valence-electron chi connectivity index (χ0n) is 19.0. The van der Waals surface area contributed by atoms with Gasteiger partial charge >= 0.3 is 0 Å². The average molecular weight is 388 g/mol. The van der Waals surface area contributed by atoms with Gasteiger partial charge in [-0.2, -0.15) is 0 Å². The molecule has 0 radical (unpaired) electrons. The van der Waals surface area contributed by atoms with Crippen LogP contribution in [0.5, 0.6) is 5.75 Å². The summed E-state index contributed by atoms with van der Waals surface area (Å²) >= 11 is 0. The minimum Gasteiger partial charge on any atom is -0.497 e. The normalized spacial score (nSPS) is 20.9. The van der Waals surface area contributed by atoms with E-state index in [1.165, 1.54) is 18.4 Å². The molecule has 4 nitrogen and oxygen atoms in total. The van der Waals surface area contributed by atoms with E-state index in [1.807, 2.05) is 46.0 Å². The minimum atomic E-state index is 0.0137. The molecular formula is C24H41N3O. The van der Waals surface area contributed by atoms with E-state index in [0.29, 0.717) is 17.8 Å². The summed E-state index contributed by atoms with van der Waals surface area (Å²) in [5, 5.41) is 4.64. The Morgan fingerprint density at radius 3 is 2.57 bits per heavy atom. The molecule has 4 heteroatoms. The maximum Gasteiger partial charge on any atom is 0.119 e. The Morgan fingerprint density at radius 2 is 1.93 bits per heavy atom. The molecule has 3 rings (SSSR count). The van der Waals surface area contributed by atoms with Crippen molar-refractivity contribution in [2.75, 3.05) is 20.2 Å². The fourth-order valence-corrected chi connectivity index (χ4v) is 4.20. The lowest BCUT2D eigenvalue weighted by Crippen LogP contribution is -2.41. The van der Waals surface area contributed by atoms with Crippen LogP contribution in [0.1, 0.15) is 66.0 Å². The predicted octanol–water partition coefficient (Wildman–Crippen LogP) is 5.57. The molecule has 1 aromatic carbocycles. The first kappa shape index (κ1) is 24.4. The Balaban J connectivity index is 0.000000921. The van der Waals surface area contributed by atoms with Gasteiger partial charge in [0.1, 0.15) is 5.75 Å². The highest BCUT2D eigenvalue weighted by atomic mass is 16.5. The van der Waals surface area contributed by atoms with Gasteiger partial charge in [-0.3, -0.25) is 4.98 Å². The monoisotopic (exact) mass is 387 g/mol. The molecule has 1 fully saturated rings. The van der Waals surface area contributed by atoms with E-state index in [9.17, 15) is 0 Å². The second kappa shape index (κ2) is 12.7. The van der Waals surface area contributed by atoms with Crippen LogP contribution in [0.15, 0.2) is 30.5 Å². The van der Waals surface area contributed by atoms with Crippen LogP contribution in [-0.4, -0.2) is 25.2 Å². The summed E-state index contributed by atoms with van der Waals surface area (Å²) in [5.41, 5.74) is 8.92. The Morgan fingerprint density at radius 1 is 1.21 bits per heavy atom. The molecule has 1 aromatic heterocycles. The van der Waals surface area contributed by atoms with Crippen molar-refractivity contribution in [3.63, 3.8) is 0 Å². The standard InChI is InChI=1S/C20H29N3O.2C2H6/c1-4-14-12-22-9-7-16(14)13(2)20(21)17-8-10-23-19-6-5-15(24-3)11-18(17)19;2*1-2/h5-6,8,10-11,13-14,16,20,22H,4,7,9,12,21H2,1-3H3;2*1-2H3. The number of piperidine rings is 1. The Labute approximate surface area is 172 Å². The molecule has 2 aromatic rings. The van der Waals surface area contributed by atoms with Gasteiger partial charge in [-0.15, -0.1) is 0 Å². The number of nitrogens with zero attached hydrogens (tertiary/aromatic N) is 1. The first-order valence-electron chi connectivity index (χ1n) is 11.0. The number of hydrogen-bond acceptors (Lipinski definition) is 4. The largest absolute Gasteiger partial charge is 0.497 e. The van der Waals surface area contributed by atoms with E-state index < -0.39 is 0 Å². The third-order valence-corrected chi connectivity index (χ3v) is 5.77. The summed E-state index contributed by atoms with van der Waals surface area (Å²) in [6, 6.07) is 8.11. The number of methoxy groups -OCH3 is 1. The highest BCUT2D eigenvalue weighted by molar-refractivity contribution is 5.84. The lowest BCUT2D eigenvalue weighted by molar-refractivity contribution is 0.160. The van der Waals surface area contributed by atoms with Gasteiger partial charge in [0, 0.05) is 17.6 Å². The summed E-state index contributed by atoms with van der Waals surface area (Å²) in [5.74, 6) is 2.67. The molecule has 4 unspecified atom stereocenters. The summed E-state index contributed by atoms with van der Waals surface area (Å²) in [7, 11) is 1.70. The second-order valence-electron chi connectivity index (χ2n) is 6.99. The van der Waals surface area contributed by atoms with Gasteiger partial charge in [-0.25, -0.2) is 0 Å². The summed E-state index contributed by atoms with van der Waals surface area (Å²) in [6.45, 7) is 14.8. The number of fused-ring (bicyclic) bond motifs is 1. The number of rotatable bonds is 5. The lowest BCUT2D eigenvalue weighted by atomic mass is 9.72. The highest BCUT2D eigenvalue weighted by Crippen LogP contribution is 2.37. The molecule has 1 aliphatic rings. The number of hydrogen-bond donors (Lipinski definition) is 2. The SMILES string of the molecule is CC.CC.CCC1CNCCC1C(C)C(N)c1ccnc2ccc(OC)cc12. The van der Waals surface area contributed by atoms with Crippen molar-refractivity contribution in [1.29, 1.82) is 0 Å². The average Bonchev–Trinajstić information content (AvgIpc) is 2.79. The van der Waals surface area contributed by atoms with Crippen LogP contribution >= 0.6 is 0 Å². The van der Waals surface area contributed by atoms with Crippen molar-refractivity contribution >= 4 is 10.9 Å². The molecule has 4 atom stereocenters. The van der Waals surface area contributed by atoms with Gasteiger partial charge in [0.15, 0.2) is 0 Å². The van der Waals surface area contributed by atoms with Crippen LogP contribution in [0.3, 0.4) is 0 Å². The molecule has 1 saturated heterocycles. The molecule has 158 valence electrons. The smallest absolute Gasteiger partial charge is 0.119 e. The van der Waals surface area contributed by atoms with E-state index in [2.05, 4.69) is 36.3 Å². The lowest BCUT2D eigenvalue weighted by Gasteiger charge is -2.38. The van der Waals surface area contributed by atoms with Gasteiger partial charge in [-0.05, 0) is 67.1 Å². The fraction of sp³-hybridized carbons (Fsp3) is 0.625. The molecule has 1 aliphatic heterocycles. The van der Waals surface area contributed by atoms with Crippen LogP contribution in [-0.2, 0) is 0 Å². The van der Waals surface area contributed by atoms with Crippen molar-refractivity contribution in [3.8, 4) is 5.75 Å². The van der Waals surface area contributed by atoms with E-state index in [0.717, 1.165) is 29.7 Å². The Bertz CT molecular complexity index is 689. The van der Waals surface area contributed by atoms with Crippen molar-refractivity contribution < 1.29 is 4.74 Å². The molecule has 2 heterocycles. The summed E-state index contributed by atoms with van der Waals surface area (Å²) in [4.78, 5) is 4.48. The summed E-state index contributed by atoms with van der Waals surface area (Å²) < 4.78 is 5.39. The number of ether oxygens (including phenoxy) is 1. The predicted molar refractivity (Wildman–Crippen MR) is 122 cm³/mol. The van der Waals surface area contributed by atoms with Gasteiger partial charge in [0.05, 0.1) is 12.6 Å². The van der Waals surface area contributed by atoms with Gasteiger partial charge < -0.3 is 15.8 Å². The van der Waals surface area contributed by atoms with Gasteiger partial charge in [0.25, 0.3) is 0 Å². The van der Waals surface area contributed by atoms with Crippen LogP contribution < -0.4 is 15.8 Å². The minimum absolute atomic E-state index is 0.0137. The van der Waals surface area contributed by atoms with E-state index in [-0.39, 0.29) is 6.04 Å². The molecule has 0 amide bonds. The molecule has 0 bridgehead atoms. The van der Waals surface area contributed by atoms with E-state index in [1.54, 1.807) is 7.11 Å². The van der Waals surface area contributed by atoms with E-state index >= 15 is 0 Å². The number of nitrogens with two attached hydrogens (primary N) is 1. The maximum absolute atomic E-state index is 6.75. The van der Waals surface area contributed by atoms with E-state index in [4.69, 9.17) is 10.5 Å². The second-order valence-corrected chi connectivity index (χ2v) is 6.99. The van der Waals surface area contributed by atoms with Crippen molar-refractivity contribution in [1.82, 2.24) is 10.3 Å². The third-order valence-electron chi connectivity index (χ3n) is 5.77. The van der Waals surface area contributed by atoms with Crippen molar-refractivity contribution in [3.05, 3.63) is 36.0 Å². The maximum atomic E-state index is 6.75. The quantitative estimate of drug-likeness (QED) is 0.704. The zero-order valence-corrected chi connectivity index (χ0v) is 19.0. The number of benzene rings is 1. The van der Waals surface area contributed by atoms with Crippen molar-refractivity contribution in [2.45, 2.75) is 60.4 Å². The van der Waals surface area contributed by atoms with Crippen LogP contribution in [0, 0.1) is 17.8 Å². The molecule has 3 N–H and O–H groups in total. The topological polar surface area (TPSA) is 60.2 Å². The Hall–Kier alpha value is -1.65. The molecule has 0 spiro atoms. The fourth-order valence-electron chi connectivity index (χ4n) is 4.20. The third kappa shape index (κ3) is 5.68. The first-order chi connectivity index (χ1) is 13.7. The number of aromatic nitrogens is 1. The number of nitrogens with one attached hydrogen (secondary N) is 1. The van der Waals surface area contributed by atoms with Crippen LogP contribution in [0.2, 0.25) is 0 Å². The molecular weight excluding hydrogens is 346 g/mol. The molecule has 0 aliphatic carbocycles. The first-order valence-corrected chi connectivity index (χ1v) is 11.0. The highest BCUT2D eigenvalue weighted by Gasteiger charge is 2.32. The van der Waals surface area contributed by atoms with Gasteiger partial charge in [-0.1, -0.05) is 48.0 Å². The zero-order chi connectivity index (χ0) is 21.1. The number of pyridine rings is 1. The van der Waals surface area contributed by atoms with Crippen LogP contribution in [0.25, 0.3) is 10.9 Å². The van der Waals surface area contributed by atoms with Crippen molar-refractivity contribution in [2.24, 2.45) is 23.5 Å². The van der Waals surface area contributed by atoms with Gasteiger partial charge in [0.2, 0.25) is 0 Å². The Kier molecular flexibility index (Phi) is 11.1. The molecule has 28 heavy (non-hydrogen) atoms.